The summed E-state index contributed by atoms with van der Waals surface area (Å²) in [6.45, 7) is 0. The van der Waals surface area contributed by atoms with Gasteiger partial charge in [-0.05, 0) is 52.6 Å². The Morgan fingerprint density at radius 2 is 1.22 bits per heavy atom. The maximum Gasteiger partial charge on any atom is 0.131 e. The lowest BCUT2D eigenvalue weighted by atomic mass is 10.0. The molecule has 0 bridgehead atoms. The summed E-state index contributed by atoms with van der Waals surface area (Å²) in [4.78, 5) is 5.23. The van der Waals surface area contributed by atoms with Gasteiger partial charge in [0.2, 0.25) is 0 Å². The van der Waals surface area contributed by atoms with Crippen LogP contribution in [0.5, 0.6) is 0 Å². The molecule has 0 amide bonds. The molecule has 0 spiro atoms. The zero-order valence-corrected chi connectivity index (χ0v) is 27.9. The topological polar surface area (TPSA) is 41.4 Å². The first-order valence-corrected chi connectivity index (χ1v) is 17.9. The number of benzene rings is 7. The van der Waals surface area contributed by atoms with E-state index in [0.29, 0.717) is 0 Å². The molecule has 0 aliphatic carbocycles. The SMILES string of the molecule is c1ccc(C2N=C(c3cccc(-n4c5ccccc5c5ccc(-c6cccc7c6sc6ccccc67)cc54)c3)NC(c3ccccc3)N2)cc1. The van der Waals surface area contributed by atoms with Gasteiger partial charge in [-0.3, -0.25) is 5.32 Å². The lowest BCUT2D eigenvalue weighted by Gasteiger charge is -2.32. The number of aromatic nitrogens is 1. The second kappa shape index (κ2) is 11.8. The molecule has 3 heterocycles. The monoisotopic (exact) mass is 660 g/mol. The highest BCUT2D eigenvalue weighted by atomic mass is 32.1. The normalized spacial score (nSPS) is 16.2. The predicted molar refractivity (Wildman–Crippen MR) is 210 cm³/mol. The van der Waals surface area contributed by atoms with Gasteiger partial charge in [-0.25, -0.2) is 4.99 Å². The molecule has 5 heteroatoms. The Morgan fingerprint density at radius 1 is 0.520 bits per heavy atom. The van der Waals surface area contributed by atoms with Gasteiger partial charge in [-0.2, -0.15) is 0 Å². The van der Waals surface area contributed by atoms with Crippen LogP contribution in [0.4, 0.5) is 0 Å². The van der Waals surface area contributed by atoms with Gasteiger partial charge in [-0.1, -0.05) is 140 Å². The Balaban J connectivity index is 1.13. The van der Waals surface area contributed by atoms with Crippen molar-refractivity contribution in [2.45, 2.75) is 12.3 Å². The molecule has 50 heavy (non-hydrogen) atoms. The molecule has 238 valence electrons. The smallest absolute Gasteiger partial charge is 0.131 e. The Labute approximate surface area is 294 Å². The minimum absolute atomic E-state index is 0.0926. The van der Waals surface area contributed by atoms with E-state index in [0.717, 1.165) is 22.6 Å². The van der Waals surface area contributed by atoms with E-state index in [1.807, 2.05) is 17.4 Å². The number of aliphatic imine (C=N–C) groups is 1. The van der Waals surface area contributed by atoms with Crippen molar-refractivity contribution in [2.75, 3.05) is 0 Å². The van der Waals surface area contributed by atoms with Gasteiger partial charge >= 0.3 is 0 Å². The summed E-state index contributed by atoms with van der Waals surface area (Å²) in [6, 6.07) is 60.9. The number of para-hydroxylation sites is 1. The number of thiophene rings is 1. The molecular weight excluding hydrogens is 629 g/mol. The molecule has 0 radical (unpaired) electrons. The number of nitrogens with zero attached hydrogens (tertiary/aromatic N) is 2. The molecule has 0 saturated heterocycles. The van der Waals surface area contributed by atoms with Gasteiger partial charge in [0.05, 0.1) is 11.0 Å². The Kier molecular flexibility index (Phi) is 6.86. The summed E-state index contributed by atoms with van der Waals surface area (Å²) in [6.07, 6.45) is -0.279. The van der Waals surface area contributed by atoms with E-state index < -0.39 is 0 Å². The molecular formula is C45H32N4S. The van der Waals surface area contributed by atoms with Crippen molar-refractivity contribution in [3.05, 3.63) is 187 Å². The van der Waals surface area contributed by atoms with Crippen molar-refractivity contribution in [3.8, 4) is 16.8 Å². The van der Waals surface area contributed by atoms with E-state index in [-0.39, 0.29) is 12.3 Å². The van der Waals surface area contributed by atoms with Crippen LogP contribution in [0.2, 0.25) is 0 Å². The number of hydrogen-bond donors (Lipinski definition) is 2. The fourth-order valence-electron chi connectivity index (χ4n) is 7.51. The third-order valence-corrected chi connectivity index (χ3v) is 11.1. The fraction of sp³-hybridized carbons (Fsp3) is 0.0444. The van der Waals surface area contributed by atoms with Crippen LogP contribution in [0.3, 0.4) is 0 Å². The van der Waals surface area contributed by atoms with Crippen molar-refractivity contribution in [1.82, 2.24) is 15.2 Å². The van der Waals surface area contributed by atoms with Crippen molar-refractivity contribution < 1.29 is 0 Å². The van der Waals surface area contributed by atoms with Crippen LogP contribution in [0.1, 0.15) is 29.0 Å². The molecule has 9 aromatic rings. The van der Waals surface area contributed by atoms with Crippen LogP contribution >= 0.6 is 11.3 Å². The first-order chi connectivity index (χ1) is 24.8. The fourth-order valence-corrected chi connectivity index (χ4v) is 8.75. The van der Waals surface area contributed by atoms with Gasteiger partial charge in [0, 0.05) is 42.2 Å². The number of hydrogen-bond acceptors (Lipinski definition) is 4. The summed E-state index contributed by atoms with van der Waals surface area (Å²) >= 11 is 1.88. The largest absolute Gasteiger partial charge is 0.350 e. The highest BCUT2D eigenvalue weighted by Gasteiger charge is 2.25. The number of nitrogens with one attached hydrogen (secondary N) is 2. The second-order valence-electron chi connectivity index (χ2n) is 12.9. The molecule has 2 N–H and O–H groups in total. The van der Waals surface area contributed by atoms with Crippen LogP contribution in [0.15, 0.2) is 175 Å². The first kappa shape index (κ1) is 29.0. The molecule has 1 aliphatic rings. The average Bonchev–Trinajstić information content (AvgIpc) is 3.74. The second-order valence-corrected chi connectivity index (χ2v) is 13.9. The summed E-state index contributed by atoms with van der Waals surface area (Å²) in [5, 5.41) is 12.6. The zero-order chi connectivity index (χ0) is 33.0. The minimum atomic E-state index is -0.186. The standard InChI is InChI=1S/C45H32N4S/c1-3-13-29(14-4-1)43-46-44(30-15-5-2-6-16-30)48-45(47-43)32-17-11-18-33(27-32)49-39-23-9-7-19-35(39)36-26-25-31(28-40(36)49)34-21-12-22-38-37-20-8-10-24-41(37)50-42(34)38/h1-28,43-44,46H,(H,47,48). The van der Waals surface area contributed by atoms with Crippen LogP contribution in [-0.2, 0) is 0 Å². The third kappa shape index (κ3) is 4.82. The number of rotatable bonds is 5. The predicted octanol–water partition coefficient (Wildman–Crippen LogP) is 11.2. The van der Waals surface area contributed by atoms with Crippen LogP contribution < -0.4 is 10.6 Å². The highest BCUT2D eigenvalue weighted by Crippen LogP contribution is 2.42. The van der Waals surface area contributed by atoms with E-state index in [1.165, 1.54) is 58.7 Å². The molecule has 2 atom stereocenters. The van der Waals surface area contributed by atoms with Gasteiger partial charge in [0.15, 0.2) is 0 Å². The third-order valence-electron chi connectivity index (χ3n) is 9.88. The van der Waals surface area contributed by atoms with Crippen molar-refractivity contribution in [3.63, 3.8) is 0 Å². The molecule has 2 unspecified atom stereocenters. The molecule has 4 nitrogen and oxygen atoms in total. The van der Waals surface area contributed by atoms with Gasteiger partial charge in [0.1, 0.15) is 18.2 Å². The summed E-state index contributed by atoms with van der Waals surface area (Å²) in [7, 11) is 0. The molecule has 1 aliphatic heterocycles. The van der Waals surface area contributed by atoms with Gasteiger partial charge < -0.3 is 9.88 Å². The molecule has 7 aromatic carbocycles. The van der Waals surface area contributed by atoms with E-state index in [1.54, 1.807) is 0 Å². The molecule has 0 fully saturated rings. The minimum Gasteiger partial charge on any atom is -0.350 e. The van der Waals surface area contributed by atoms with Crippen LogP contribution in [-0.4, -0.2) is 10.4 Å². The van der Waals surface area contributed by atoms with Crippen molar-refractivity contribution in [1.29, 1.82) is 0 Å². The lowest BCUT2D eigenvalue weighted by molar-refractivity contribution is 0.409. The quantitative estimate of drug-likeness (QED) is 0.193. The van der Waals surface area contributed by atoms with E-state index in [2.05, 4.69) is 179 Å². The van der Waals surface area contributed by atoms with E-state index in [4.69, 9.17) is 4.99 Å². The van der Waals surface area contributed by atoms with E-state index in [9.17, 15) is 0 Å². The number of fused-ring (bicyclic) bond motifs is 6. The molecule has 10 rings (SSSR count). The Bertz CT molecular complexity index is 2720. The van der Waals surface area contributed by atoms with Crippen molar-refractivity contribution in [2.24, 2.45) is 4.99 Å². The summed E-state index contributed by atoms with van der Waals surface area (Å²) in [5.74, 6) is 0.867. The molecule has 2 aromatic heterocycles. The lowest BCUT2D eigenvalue weighted by Crippen LogP contribution is -2.44. The highest BCUT2D eigenvalue weighted by molar-refractivity contribution is 7.26. The van der Waals surface area contributed by atoms with Gasteiger partial charge in [0.25, 0.3) is 0 Å². The van der Waals surface area contributed by atoms with Crippen LogP contribution in [0.25, 0.3) is 58.8 Å². The first-order valence-electron chi connectivity index (χ1n) is 17.0. The van der Waals surface area contributed by atoms with Gasteiger partial charge in [-0.15, -0.1) is 11.3 Å². The molecule has 0 saturated carbocycles. The zero-order valence-electron chi connectivity index (χ0n) is 27.1. The van der Waals surface area contributed by atoms with Crippen LogP contribution in [0, 0.1) is 0 Å². The summed E-state index contributed by atoms with van der Waals surface area (Å²) < 4.78 is 5.06. The Hall–Kier alpha value is -6.01. The van der Waals surface area contributed by atoms with Crippen molar-refractivity contribution >= 4 is 59.2 Å². The maximum atomic E-state index is 5.23. The average molecular weight is 661 g/mol. The Morgan fingerprint density at radius 3 is 2.08 bits per heavy atom. The van der Waals surface area contributed by atoms with E-state index >= 15 is 0 Å². The maximum absolute atomic E-state index is 5.23. The summed E-state index contributed by atoms with van der Waals surface area (Å²) in [5.41, 5.74) is 9.29. The number of amidine groups is 1.